The number of benzene rings is 1. The molecule has 0 unspecified atom stereocenters. The number of pyridine rings is 1. The number of hydrogen-bond donors (Lipinski definition) is 4. The van der Waals surface area contributed by atoms with Gasteiger partial charge in [-0.25, -0.2) is 4.98 Å². The Kier molecular flexibility index (Phi) is 2.96. The van der Waals surface area contributed by atoms with Crippen molar-refractivity contribution in [2.45, 2.75) is 0 Å². The topological polar surface area (TPSA) is 130 Å². The molecule has 0 aliphatic rings. The van der Waals surface area contributed by atoms with Gasteiger partial charge in [0.1, 0.15) is 17.1 Å². The maximum Gasteiger partial charge on any atom is 0.168 e. The maximum atomic E-state index is 9.49. The number of aromatic nitrogens is 1. The van der Waals surface area contributed by atoms with Crippen molar-refractivity contribution in [3.63, 3.8) is 0 Å². The molecule has 2 rings (SSSR count). The summed E-state index contributed by atoms with van der Waals surface area (Å²) in [4.78, 5) is 3.70. The SMILES string of the molecule is Nc1nc(N)c(N=Nc2ccccc2O)cc1O. The van der Waals surface area contributed by atoms with E-state index in [1.807, 2.05) is 0 Å². The first-order valence-corrected chi connectivity index (χ1v) is 5.02. The summed E-state index contributed by atoms with van der Waals surface area (Å²) < 4.78 is 0. The lowest BCUT2D eigenvalue weighted by Crippen LogP contribution is -1.96. The molecule has 1 heterocycles. The average Bonchev–Trinajstić information content (AvgIpc) is 2.34. The zero-order chi connectivity index (χ0) is 13.1. The Labute approximate surface area is 102 Å². The molecular weight excluding hydrogens is 234 g/mol. The van der Waals surface area contributed by atoms with Crippen LogP contribution in [0.1, 0.15) is 0 Å². The molecule has 0 saturated carbocycles. The van der Waals surface area contributed by atoms with Gasteiger partial charge in [-0.2, -0.15) is 0 Å². The largest absolute Gasteiger partial charge is 0.506 e. The molecule has 1 aromatic heterocycles. The maximum absolute atomic E-state index is 9.49. The molecule has 92 valence electrons. The van der Waals surface area contributed by atoms with Crippen LogP contribution >= 0.6 is 0 Å². The first-order chi connectivity index (χ1) is 8.58. The van der Waals surface area contributed by atoms with E-state index in [0.717, 1.165) is 0 Å². The van der Waals surface area contributed by atoms with E-state index in [1.54, 1.807) is 18.2 Å². The molecule has 0 amide bonds. The van der Waals surface area contributed by atoms with E-state index in [2.05, 4.69) is 15.2 Å². The third kappa shape index (κ3) is 2.29. The summed E-state index contributed by atoms with van der Waals surface area (Å²) in [5.41, 5.74) is 11.4. The first kappa shape index (κ1) is 11.6. The number of nitrogens with two attached hydrogens (primary N) is 2. The van der Waals surface area contributed by atoms with Gasteiger partial charge in [0.2, 0.25) is 0 Å². The molecule has 0 fully saturated rings. The number of anilines is 2. The minimum atomic E-state index is -0.226. The Balaban J connectivity index is 2.35. The normalized spacial score (nSPS) is 10.9. The predicted octanol–water partition coefficient (Wildman–Crippen LogP) is 2.07. The van der Waals surface area contributed by atoms with Crippen LogP contribution in [0.15, 0.2) is 40.6 Å². The molecule has 0 spiro atoms. The summed E-state index contributed by atoms with van der Waals surface area (Å²) in [7, 11) is 0. The quantitative estimate of drug-likeness (QED) is 0.601. The van der Waals surface area contributed by atoms with Gasteiger partial charge in [0, 0.05) is 6.07 Å². The molecule has 0 saturated heterocycles. The van der Waals surface area contributed by atoms with Crippen LogP contribution in [0.4, 0.5) is 23.0 Å². The van der Waals surface area contributed by atoms with Gasteiger partial charge < -0.3 is 21.7 Å². The molecule has 0 aliphatic heterocycles. The summed E-state index contributed by atoms with van der Waals surface area (Å²) in [6.07, 6.45) is 0. The van der Waals surface area contributed by atoms with Gasteiger partial charge in [-0.15, -0.1) is 10.2 Å². The molecule has 0 atom stereocenters. The van der Waals surface area contributed by atoms with E-state index in [9.17, 15) is 10.2 Å². The van der Waals surface area contributed by atoms with Crippen molar-refractivity contribution in [1.82, 2.24) is 4.98 Å². The van der Waals surface area contributed by atoms with Gasteiger partial charge >= 0.3 is 0 Å². The number of azo groups is 1. The highest BCUT2D eigenvalue weighted by molar-refractivity contribution is 5.65. The summed E-state index contributed by atoms with van der Waals surface area (Å²) in [6, 6.07) is 7.69. The fourth-order valence-corrected chi connectivity index (χ4v) is 1.26. The second-order valence-corrected chi connectivity index (χ2v) is 3.49. The minimum Gasteiger partial charge on any atom is -0.506 e. The molecule has 6 N–H and O–H groups in total. The van der Waals surface area contributed by atoms with Crippen molar-refractivity contribution in [1.29, 1.82) is 0 Å². The number of nitrogens with zero attached hydrogens (tertiary/aromatic N) is 3. The van der Waals surface area contributed by atoms with Gasteiger partial charge in [-0.1, -0.05) is 12.1 Å². The van der Waals surface area contributed by atoms with Crippen molar-refractivity contribution in [3.8, 4) is 11.5 Å². The Bertz CT molecular complexity index is 612. The van der Waals surface area contributed by atoms with Gasteiger partial charge in [0.25, 0.3) is 0 Å². The Morgan fingerprint density at radius 1 is 0.889 bits per heavy atom. The third-order valence-corrected chi connectivity index (χ3v) is 2.19. The fraction of sp³-hybridized carbons (Fsp3) is 0. The van der Waals surface area contributed by atoms with Crippen LogP contribution in [0.25, 0.3) is 0 Å². The van der Waals surface area contributed by atoms with Crippen molar-refractivity contribution in [2.75, 3.05) is 11.5 Å². The van der Waals surface area contributed by atoms with E-state index >= 15 is 0 Å². The lowest BCUT2D eigenvalue weighted by Gasteiger charge is -2.02. The highest BCUT2D eigenvalue weighted by atomic mass is 16.3. The van der Waals surface area contributed by atoms with Crippen molar-refractivity contribution in [3.05, 3.63) is 30.3 Å². The molecule has 0 radical (unpaired) electrons. The average molecular weight is 245 g/mol. The molecule has 7 heteroatoms. The number of hydrogen-bond acceptors (Lipinski definition) is 7. The van der Waals surface area contributed by atoms with Gasteiger partial charge in [-0.05, 0) is 12.1 Å². The zero-order valence-electron chi connectivity index (χ0n) is 9.28. The number of nitrogen functional groups attached to an aromatic ring is 2. The minimum absolute atomic E-state index is 0.00699. The van der Waals surface area contributed by atoms with Crippen molar-refractivity contribution >= 4 is 23.0 Å². The standard InChI is InChI=1S/C11H11N5O2/c12-10-7(5-9(18)11(13)14-10)16-15-6-3-1-2-4-8(6)17/h1-5,17-18H,(H4,12,13,14). The molecule has 0 bridgehead atoms. The van der Waals surface area contributed by atoms with Crippen molar-refractivity contribution in [2.24, 2.45) is 10.2 Å². The van der Waals surface area contributed by atoms with Crippen LogP contribution in [0.5, 0.6) is 11.5 Å². The number of phenolic OH excluding ortho intramolecular Hbond substituents is 1. The smallest absolute Gasteiger partial charge is 0.168 e. The second kappa shape index (κ2) is 4.58. The molecule has 1 aromatic carbocycles. The molecule has 18 heavy (non-hydrogen) atoms. The van der Waals surface area contributed by atoms with Gasteiger partial charge in [-0.3, -0.25) is 0 Å². The van der Waals surface area contributed by atoms with Crippen LogP contribution in [0.2, 0.25) is 0 Å². The van der Waals surface area contributed by atoms with Crippen LogP contribution in [-0.2, 0) is 0 Å². The molecule has 0 aliphatic carbocycles. The van der Waals surface area contributed by atoms with E-state index < -0.39 is 0 Å². The summed E-state index contributed by atoms with van der Waals surface area (Å²) in [5, 5.41) is 26.5. The van der Waals surface area contributed by atoms with Crippen LogP contribution in [-0.4, -0.2) is 15.2 Å². The van der Waals surface area contributed by atoms with E-state index in [4.69, 9.17) is 11.5 Å². The van der Waals surface area contributed by atoms with E-state index in [0.29, 0.717) is 0 Å². The number of para-hydroxylation sites is 1. The highest BCUT2D eigenvalue weighted by Gasteiger charge is 2.06. The Hall–Kier alpha value is -2.83. The van der Waals surface area contributed by atoms with Crippen molar-refractivity contribution < 1.29 is 10.2 Å². The summed E-state index contributed by atoms with van der Waals surface area (Å²) in [6.45, 7) is 0. The fourth-order valence-electron chi connectivity index (χ4n) is 1.26. The summed E-state index contributed by atoms with van der Waals surface area (Å²) in [5.74, 6) is -0.263. The number of aromatic hydroxyl groups is 2. The monoisotopic (exact) mass is 245 g/mol. The van der Waals surface area contributed by atoms with Gasteiger partial charge in [0.15, 0.2) is 17.4 Å². The number of rotatable bonds is 2. The lowest BCUT2D eigenvalue weighted by molar-refractivity contribution is 0.476. The Morgan fingerprint density at radius 2 is 1.56 bits per heavy atom. The molecule has 7 nitrogen and oxygen atoms in total. The molecular formula is C11H11N5O2. The second-order valence-electron chi connectivity index (χ2n) is 3.49. The molecule has 2 aromatic rings. The number of phenols is 1. The van der Waals surface area contributed by atoms with Crippen LogP contribution in [0.3, 0.4) is 0 Å². The third-order valence-electron chi connectivity index (χ3n) is 2.19. The predicted molar refractivity (Wildman–Crippen MR) is 67.0 cm³/mol. The van der Waals surface area contributed by atoms with Gasteiger partial charge in [0.05, 0.1) is 0 Å². The summed E-state index contributed by atoms with van der Waals surface area (Å²) >= 11 is 0. The van der Waals surface area contributed by atoms with Crippen LogP contribution in [0, 0.1) is 0 Å². The van der Waals surface area contributed by atoms with Crippen LogP contribution < -0.4 is 11.5 Å². The van der Waals surface area contributed by atoms with E-state index in [1.165, 1.54) is 12.1 Å². The Morgan fingerprint density at radius 3 is 2.28 bits per heavy atom. The zero-order valence-corrected chi connectivity index (χ0v) is 9.28. The van der Waals surface area contributed by atoms with E-state index in [-0.39, 0.29) is 34.5 Å². The first-order valence-electron chi connectivity index (χ1n) is 5.02. The lowest BCUT2D eigenvalue weighted by atomic mass is 10.3. The highest BCUT2D eigenvalue weighted by Crippen LogP contribution is 2.32.